The third kappa shape index (κ3) is 3.83. The van der Waals surface area contributed by atoms with Crippen LogP contribution in [0.4, 0.5) is 4.39 Å². The lowest BCUT2D eigenvalue weighted by molar-refractivity contribution is 0.191. The van der Waals surface area contributed by atoms with E-state index in [1.807, 2.05) is 26.0 Å². The number of halogens is 1. The molecule has 0 amide bonds. The van der Waals surface area contributed by atoms with Crippen molar-refractivity contribution in [2.45, 2.75) is 59.0 Å². The molecule has 1 aliphatic heterocycles. The predicted molar refractivity (Wildman–Crippen MR) is 87.1 cm³/mol. The molecule has 1 heterocycles. The van der Waals surface area contributed by atoms with Crippen LogP contribution in [0.1, 0.15) is 49.8 Å². The second kappa shape index (κ2) is 6.89. The number of nitrogens with zero attached hydrogens (tertiary/aromatic N) is 1. The van der Waals surface area contributed by atoms with E-state index in [-0.39, 0.29) is 11.4 Å². The van der Waals surface area contributed by atoms with Gasteiger partial charge < -0.3 is 5.32 Å². The van der Waals surface area contributed by atoms with Gasteiger partial charge in [0.05, 0.1) is 0 Å². The van der Waals surface area contributed by atoms with E-state index < -0.39 is 0 Å². The topological polar surface area (TPSA) is 15.3 Å². The minimum Gasteiger partial charge on any atom is -0.310 e. The standard InChI is InChI=1S/C18H29FN2/c1-5-18(6-2)13-21(9-7-8-20-18)12-16-10-14(3)17(19)15(4)11-16/h10-11,20H,5-9,12-13H2,1-4H3. The maximum absolute atomic E-state index is 13.8. The molecular weight excluding hydrogens is 263 g/mol. The first-order valence-electron chi connectivity index (χ1n) is 8.22. The highest BCUT2D eigenvalue weighted by molar-refractivity contribution is 5.30. The van der Waals surface area contributed by atoms with Crippen LogP contribution in [0.25, 0.3) is 0 Å². The van der Waals surface area contributed by atoms with E-state index in [4.69, 9.17) is 0 Å². The van der Waals surface area contributed by atoms with E-state index in [9.17, 15) is 4.39 Å². The summed E-state index contributed by atoms with van der Waals surface area (Å²) in [5.74, 6) is -0.0623. The molecule has 0 aromatic heterocycles. The van der Waals surface area contributed by atoms with Crippen LogP contribution in [0, 0.1) is 19.7 Å². The predicted octanol–water partition coefficient (Wildman–Crippen LogP) is 3.80. The van der Waals surface area contributed by atoms with Gasteiger partial charge in [0, 0.05) is 18.6 Å². The molecule has 1 N–H and O–H groups in total. The first-order valence-corrected chi connectivity index (χ1v) is 8.22. The van der Waals surface area contributed by atoms with E-state index in [0.717, 1.165) is 50.1 Å². The monoisotopic (exact) mass is 292 g/mol. The zero-order valence-electron chi connectivity index (χ0n) is 13.9. The van der Waals surface area contributed by atoms with E-state index in [2.05, 4.69) is 24.1 Å². The van der Waals surface area contributed by atoms with Crippen LogP contribution in [0.15, 0.2) is 12.1 Å². The molecule has 1 aromatic carbocycles. The van der Waals surface area contributed by atoms with E-state index >= 15 is 0 Å². The molecule has 21 heavy (non-hydrogen) atoms. The molecule has 3 heteroatoms. The second-order valence-electron chi connectivity index (χ2n) is 6.52. The Morgan fingerprint density at radius 3 is 2.38 bits per heavy atom. The summed E-state index contributed by atoms with van der Waals surface area (Å²) in [7, 11) is 0. The molecule has 118 valence electrons. The Balaban J connectivity index is 2.14. The molecule has 0 bridgehead atoms. The minimum atomic E-state index is -0.0623. The van der Waals surface area contributed by atoms with Crippen molar-refractivity contribution in [1.82, 2.24) is 10.2 Å². The molecule has 0 saturated carbocycles. The van der Waals surface area contributed by atoms with Crippen LogP contribution in [0.5, 0.6) is 0 Å². The van der Waals surface area contributed by atoms with Crippen molar-refractivity contribution in [3.8, 4) is 0 Å². The highest BCUT2D eigenvalue weighted by Crippen LogP contribution is 2.22. The Bertz CT molecular complexity index is 457. The lowest BCUT2D eigenvalue weighted by atomic mass is 9.92. The maximum Gasteiger partial charge on any atom is 0.129 e. The Morgan fingerprint density at radius 2 is 1.81 bits per heavy atom. The molecule has 0 unspecified atom stereocenters. The summed E-state index contributed by atoms with van der Waals surface area (Å²) >= 11 is 0. The van der Waals surface area contributed by atoms with Gasteiger partial charge in [0.1, 0.15) is 5.82 Å². The van der Waals surface area contributed by atoms with Crippen molar-refractivity contribution in [2.75, 3.05) is 19.6 Å². The lowest BCUT2D eigenvalue weighted by Crippen LogP contribution is -2.50. The third-order valence-corrected chi connectivity index (χ3v) is 4.93. The maximum atomic E-state index is 13.8. The molecule has 1 aromatic rings. The van der Waals surface area contributed by atoms with Gasteiger partial charge in [-0.15, -0.1) is 0 Å². The van der Waals surface area contributed by atoms with Gasteiger partial charge in [-0.2, -0.15) is 0 Å². The van der Waals surface area contributed by atoms with Crippen molar-refractivity contribution in [2.24, 2.45) is 0 Å². The lowest BCUT2D eigenvalue weighted by Gasteiger charge is -2.35. The number of hydrogen-bond acceptors (Lipinski definition) is 2. The van der Waals surface area contributed by atoms with Crippen molar-refractivity contribution in [3.05, 3.63) is 34.6 Å². The van der Waals surface area contributed by atoms with Crippen molar-refractivity contribution in [1.29, 1.82) is 0 Å². The van der Waals surface area contributed by atoms with Gasteiger partial charge in [-0.05, 0) is 62.9 Å². The third-order valence-electron chi connectivity index (χ3n) is 4.93. The molecule has 2 nitrogen and oxygen atoms in total. The molecule has 0 spiro atoms. The summed E-state index contributed by atoms with van der Waals surface area (Å²) in [4.78, 5) is 2.53. The van der Waals surface area contributed by atoms with Crippen LogP contribution in [-0.2, 0) is 6.54 Å². The molecule has 0 atom stereocenters. The summed E-state index contributed by atoms with van der Waals surface area (Å²) in [6.45, 7) is 12.5. The summed E-state index contributed by atoms with van der Waals surface area (Å²) in [5, 5.41) is 3.74. The van der Waals surface area contributed by atoms with Crippen molar-refractivity contribution < 1.29 is 4.39 Å². The average Bonchev–Trinajstić information content (AvgIpc) is 2.67. The number of rotatable bonds is 4. The van der Waals surface area contributed by atoms with Gasteiger partial charge in [0.25, 0.3) is 0 Å². The van der Waals surface area contributed by atoms with Gasteiger partial charge in [-0.25, -0.2) is 4.39 Å². The van der Waals surface area contributed by atoms with Gasteiger partial charge in [-0.1, -0.05) is 26.0 Å². The molecule has 1 saturated heterocycles. The van der Waals surface area contributed by atoms with Gasteiger partial charge in [-0.3, -0.25) is 4.90 Å². The van der Waals surface area contributed by atoms with Crippen LogP contribution >= 0.6 is 0 Å². The summed E-state index contributed by atoms with van der Waals surface area (Å²) in [6, 6.07) is 4.00. The Kier molecular flexibility index (Phi) is 5.39. The Morgan fingerprint density at radius 1 is 1.19 bits per heavy atom. The quantitative estimate of drug-likeness (QED) is 0.908. The van der Waals surface area contributed by atoms with E-state index in [0.29, 0.717) is 0 Å². The number of aryl methyl sites for hydroxylation is 2. The summed E-state index contributed by atoms with van der Waals surface area (Å²) in [6.07, 6.45) is 3.49. The van der Waals surface area contributed by atoms with Gasteiger partial charge in [0.15, 0.2) is 0 Å². The Labute approximate surface area is 128 Å². The molecular formula is C18H29FN2. The van der Waals surface area contributed by atoms with Crippen LogP contribution in [-0.4, -0.2) is 30.1 Å². The zero-order valence-corrected chi connectivity index (χ0v) is 13.9. The summed E-state index contributed by atoms with van der Waals surface area (Å²) < 4.78 is 13.8. The largest absolute Gasteiger partial charge is 0.310 e. The van der Waals surface area contributed by atoms with Crippen LogP contribution < -0.4 is 5.32 Å². The van der Waals surface area contributed by atoms with Crippen LogP contribution in [0.2, 0.25) is 0 Å². The smallest absolute Gasteiger partial charge is 0.129 e. The minimum absolute atomic E-state index is 0.0623. The van der Waals surface area contributed by atoms with E-state index in [1.165, 1.54) is 12.0 Å². The first kappa shape index (κ1) is 16.4. The normalized spacial score (nSPS) is 19.5. The molecule has 0 aliphatic carbocycles. The SMILES string of the molecule is CCC1(CC)CN(Cc2cc(C)c(F)c(C)c2)CCCN1. The number of nitrogens with one attached hydrogen (secondary N) is 1. The molecule has 1 aliphatic rings. The highest BCUT2D eigenvalue weighted by atomic mass is 19.1. The first-order chi connectivity index (χ1) is 9.99. The second-order valence-corrected chi connectivity index (χ2v) is 6.52. The number of benzene rings is 1. The fourth-order valence-electron chi connectivity index (χ4n) is 3.46. The van der Waals surface area contributed by atoms with Crippen molar-refractivity contribution in [3.63, 3.8) is 0 Å². The molecule has 2 rings (SSSR count). The fourth-order valence-corrected chi connectivity index (χ4v) is 3.46. The fraction of sp³-hybridized carbons (Fsp3) is 0.667. The van der Waals surface area contributed by atoms with Gasteiger partial charge in [0.2, 0.25) is 0 Å². The van der Waals surface area contributed by atoms with E-state index in [1.54, 1.807) is 0 Å². The van der Waals surface area contributed by atoms with Crippen molar-refractivity contribution >= 4 is 0 Å². The zero-order chi connectivity index (χ0) is 15.5. The van der Waals surface area contributed by atoms with Crippen LogP contribution in [0.3, 0.4) is 0 Å². The molecule has 0 radical (unpaired) electrons. The van der Waals surface area contributed by atoms with Gasteiger partial charge >= 0.3 is 0 Å². The average molecular weight is 292 g/mol. The number of hydrogen-bond donors (Lipinski definition) is 1. The summed E-state index contributed by atoms with van der Waals surface area (Å²) in [5.41, 5.74) is 2.99. The highest BCUT2D eigenvalue weighted by Gasteiger charge is 2.30. The Hall–Kier alpha value is -0.930. The molecule has 1 fully saturated rings.